The van der Waals surface area contributed by atoms with Gasteiger partial charge in [0.2, 0.25) is 0 Å². The van der Waals surface area contributed by atoms with Crippen molar-refractivity contribution in [3.63, 3.8) is 0 Å². The SMILES string of the molecule is CC1CC(C)(C)CC(O)(Cc2cccc3ccccc23)C1. The number of hydrogen-bond donors (Lipinski definition) is 1. The van der Waals surface area contributed by atoms with Gasteiger partial charge in [-0.05, 0) is 46.9 Å². The number of aliphatic hydroxyl groups is 1. The second-order valence-corrected chi connectivity index (χ2v) is 7.89. The Bertz CT molecular complexity index is 638. The zero-order chi connectivity index (χ0) is 15.1. The molecule has 2 unspecified atom stereocenters. The van der Waals surface area contributed by atoms with Gasteiger partial charge >= 0.3 is 0 Å². The van der Waals surface area contributed by atoms with Gasteiger partial charge in [-0.2, -0.15) is 0 Å². The van der Waals surface area contributed by atoms with Crippen LogP contribution < -0.4 is 0 Å². The van der Waals surface area contributed by atoms with Gasteiger partial charge in [-0.1, -0.05) is 63.2 Å². The van der Waals surface area contributed by atoms with E-state index in [0.29, 0.717) is 5.92 Å². The predicted molar refractivity (Wildman–Crippen MR) is 89.4 cm³/mol. The molecule has 2 aromatic rings. The minimum absolute atomic E-state index is 0.233. The van der Waals surface area contributed by atoms with E-state index in [4.69, 9.17) is 0 Å². The van der Waals surface area contributed by atoms with E-state index in [-0.39, 0.29) is 5.41 Å². The third kappa shape index (κ3) is 3.13. The monoisotopic (exact) mass is 282 g/mol. The van der Waals surface area contributed by atoms with E-state index in [1.807, 2.05) is 0 Å². The lowest BCUT2D eigenvalue weighted by Gasteiger charge is -2.45. The zero-order valence-electron chi connectivity index (χ0n) is 13.4. The normalized spacial score (nSPS) is 28.7. The summed E-state index contributed by atoms with van der Waals surface area (Å²) < 4.78 is 0. The van der Waals surface area contributed by atoms with Crippen LogP contribution in [0.25, 0.3) is 10.8 Å². The van der Waals surface area contributed by atoms with Crippen molar-refractivity contribution in [2.24, 2.45) is 11.3 Å². The van der Waals surface area contributed by atoms with Gasteiger partial charge in [0.15, 0.2) is 0 Å². The summed E-state index contributed by atoms with van der Waals surface area (Å²) in [6, 6.07) is 14.9. The molecular weight excluding hydrogens is 256 g/mol. The third-order valence-electron chi connectivity index (χ3n) is 4.84. The van der Waals surface area contributed by atoms with Crippen LogP contribution in [0.4, 0.5) is 0 Å². The molecule has 112 valence electrons. The number of fused-ring (bicyclic) bond motifs is 1. The van der Waals surface area contributed by atoms with Crippen LogP contribution in [-0.4, -0.2) is 10.7 Å². The minimum atomic E-state index is -0.564. The molecule has 1 fully saturated rings. The van der Waals surface area contributed by atoms with Crippen LogP contribution in [0.5, 0.6) is 0 Å². The molecule has 0 heterocycles. The summed E-state index contributed by atoms with van der Waals surface area (Å²) in [4.78, 5) is 0. The van der Waals surface area contributed by atoms with Crippen LogP contribution in [0, 0.1) is 11.3 Å². The smallest absolute Gasteiger partial charge is 0.0695 e. The van der Waals surface area contributed by atoms with E-state index in [0.717, 1.165) is 19.3 Å². The first-order valence-corrected chi connectivity index (χ1v) is 8.06. The molecule has 1 nitrogen and oxygen atoms in total. The van der Waals surface area contributed by atoms with Gasteiger partial charge in [-0.15, -0.1) is 0 Å². The molecule has 0 aliphatic heterocycles. The van der Waals surface area contributed by atoms with E-state index in [2.05, 4.69) is 63.2 Å². The molecule has 0 aromatic heterocycles. The molecular formula is C20H26O. The van der Waals surface area contributed by atoms with Crippen LogP contribution in [0.3, 0.4) is 0 Å². The summed E-state index contributed by atoms with van der Waals surface area (Å²) in [5, 5.41) is 13.7. The number of hydrogen-bond acceptors (Lipinski definition) is 1. The van der Waals surface area contributed by atoms with E-state index >= 15 is 0 Å². The molecule has 1 heteroatoms. The Morgan fingerprint density at radius 2 is 1.76 bits per heavy atom. The number of benzene rings is 2. The molecule has 2 atom stereocenters. The van der Waals surface area contributed by atoms with Crippen LogP contribution >= 0.6 is 0 Å². The fourth-order valence-electron chi connectivity index (χ4n) is 4.64. The van der Waals surface area contributed by atoms with Crippen LogP contribution in [0.1, 0.15) is 45.6 Å². The molecule has 1 aliphatic rings. The Hall–Kier alpha value is -1.34. The van der Waals surface area contributed by atoms with E-state index in [1.54, 1.807) is 0 Å². The highest BCUT2D eigenvalue weighted by Gasteiger charge is 2.41. The Morgan fingerprint density at radius 3 is 2.52 bits per heavy atom. The second-order valence-electron chi connectivity index (χ2n) is 7.89. The average Bonchev–Trinajstić information content (AvgIpc) is 2.35. The Labute approximate surface area is 128 Å². The zero-order valence-corrected chi connectivity index (χ0v) is 13.4. The van der Waals surface area contributed by atoms with Crippen molar-refractivity contribution in [3.8, 4) is 0 Å². The first kappa shape index (κ1) is 14.6. The molecule has 3 rings (SSSR count). The maximum atomic E-state index is 11.2. The molecule has 2 aromatic carbocycles. The predicted octanol–water partition coefficient (Wildman–Crippen LogP) is 4.96. The van der Waals surface area contributed by atoms with E-state index in [9.17, 15) is 5.11 Å². The molecule has 0 spiro atoms. The van der Waals surface area contributed by atoms with Gasteiger partial charge in [0.05, 0.1) is 5.60 Å². The Balaban J connectivity index is 1.94. The van der Waals surface area contributed by atoms with E-state index in [1.165, 1.54) is 22.8 Å². The van der Waals surface area contributed by atoms with Crippen LogP contribution in [0.15, 0.2) is 42.5 Å². The van der Waals surface area contributed by atoms with Crippen molar-refractivity contribution in [2.45, 2.75) is 52.1 Å². The fourth-order valence-corrected chi connectivity index (χ4v) is 4.64. The largest absolute Gasteiger partial charge is 0.390 e. The highest BCUT2D eigenvalue weighted by Crippen LogP contribution is 2.45. The van der Waals surface area contributed by atoms with Crippen molar-refractivity contribution in [3.05, 3.63) is 48.0 Å². The summed E-state index contributed by atoms with van der Waals surface area (Å²) in [5.41, 5.74) is 0.947. The molecule has 1 N–H and O–H groups in total. The first-order valence-electron chi connectivity index (χ1n) is 8.06. The van der Waals surface area contributed by atoms with E-state index < -0.39 is 5.60 Å². The Kier molecular flexibility index (Phi) is 3.57. The summed E-state index contributed by atoms with van der Waals surface area (Å²) in [6.07, 6.45) is 3.79. The molecule has 1 saturated carbocycles. The summed E-state index contributed by atoms with van der Waals surface area (Å²) >= 11 is 0. The maximum Gasteiger partial charge on any atom is 0.0695 e. The van der Waals surface area contributed by atoms with Crippen molar-refractivity contribution in [2.75, 3.05) is 0 Å². The van der Waals surface area contributed by atoms with Gasteiger partial charge in [0.25, 0.3) is 0 Å². The lowest BCUT2D eigenvalue weighted by atomic mass is 9.64. The van der Waals surface area contributed by atoms with Gasteiger partial charge < -0.3 is 5.11 Å². The summed E-state index contributed by atoms with van der Waals surface area (Å²) in [5.74, 6) is 0.591. The standard InChI is InChI=1S/C20H26O/c1-15-11-19(2,3)14-20(21,12-15)13-17-9-6-8-16-7-4-5-10-18(16)17/h4-10,15,21H,11-14H2,1-3H3. The Morgan fingerprint density at radius 1 is 1.05 bits per heavy atom. The topological polar surface area (TPSA) is 20.2 Å². The second kappa shape index (κ2) is 5.14. The molecule has 0 saturated heterocycles. The van der Waals surface area contributed by atoms with Crippen molar-refractivity contribution < 1.29 is 5.11 Å². The quantitative estimate of drug-likeness (QED) is 0.825. The molecule has 0 amide bonds. The third-order valence-corrected chi connectivity index (χ3v) is 4.84. The van der Waals surface area contributed by atoms with Crippen molar-refractivity contribution in [1.29, 1.82) is 0 Å². The van der Waals surface area contributed by atoms with Crippen LogP contribution in [-0.2, 0) is 6.42 Å². The van der Waals surface area contributed by atoms with Gasteiger partial charge in [-0.25, -0.2) is 0 Å². The number of rotatable bonds is 2. The first-order chi connectivity index (χ1) is 9.87. The van der Waals surface area contributed by atoms with Crippen molar-refractivity contribution in [1.82, 2.24) is 0 Å². The molecule has 0 bridgehead atoms. The molecule has 21 heavy (non-hydrogen) atoms. The van der Waals surface area contributed by atoms with Crippen molar-refractivity contribution >= 4 is 10.8 Å². The molecule has 1 aliphatic carbocycles. The van der Waals surface area contributed by atoms with Gasteiger partial charge in [-0.3, -0.25) is 0 Å². The lowest BCUT2D eigenvalue weighted by molar-refractivity contribution is -0.0572. The lowest BCUT2D eigenvalue weighted by Crippen LogP contribution is -2.43. The highest BCUT2D eigenvalue weighted by atomic mass is 16.3. The van der Waals surface area contributed by atoms with Gasteiger partial charge in [0.1, 0.15) is 0 Å². The highest BCUT2D eigenvalue weighted by molar-refractivity contribution is 5.85. The minimum Gasteiger partial charge on any atom is -0.390 e. The molecule has 0 radical (unpaired) electrons. The maximum absolute atomic E-state index is 11.2. The van der Waals surface area contributed by atoms with Gasteiger partial charge in [0, 0.05) is 6.42 Å². The average molecular weight is 282 g/mol. The summed E-state index contributed by atoms with van der Waals surface area (Å²) in [6.45, 7) is 6.85. The summed E-state index contributed by atoms with van der Waals surface area (Å²) in [7, 11) is 0. The van der Waals surface area contributed by atoms with Crippen LogP contribution in [0.2, 0.25) is 0 Å². The fraction of sp³-hybridized carbons (Fsp3) is 0.500.